The third-order valence-corrected chi connectivity index (χ3v) is 6.07. The molecule has 2 nitrogen and oxygen atoms in total. The van der Waals surface area contributed by atoms with Crippen LogP contribution in [0.25, 0.3) is 11.1 Å². The maximum Gasteiger partial charge on any atom is 0.254 e. The molecule has 4 aromatic carbocycles. The molecular formula is C29H25NO. The number of hydrogen-bond acceptors (Lipinski definition) is 1. The zero-order chi connectivity index (χ0) is 21.0. The molecular weight excluding hydrogens is 378 g/mol. The Bertz CT molecular complexity index is 1200. The molecule has 152 valence electrons. The van der Waals surface area contributed by atoms with Gasteiger partial charge in [0.1, 0.15) is 0 Å². The van der Waals surface area contributed by atoms with Crippen LogP contribution in [0.15, 0.2) is 103 Å². The van der Waals surface area contributed by atoms with E-state index in [1.165, 1.54) is 22.3 Å². The smallest absolute Gasteiger partial charge is 0.254 e. The van der Waals surface area contributed by atoms with Crippen LogP contribution in [-0.2, 0) is 19.4 Å². The van der Waals surface area contributed by atoms with Gasteiger partial charge < -0.3 is 4.90 Å². The van der Waals surface area contributed by atoms with Crippen LogP contribution in [0, 0.1) is 0 Å². The van der Waals surface area contributed by atoms with Crippen LogP contribution >= 0.6 is 0 Å². The first kappa shape index (κ1) is 19.3. The van der Waals surface area contributed by atoms with Crippen LogP contribution in [0.1, 0.15) is 32.6 Å². The fourth-order valence-corrected chi connectivity index (χ4v) is 4.50. The Kier molecular flexibility index (Phi) is 5.37. The molecule has 1 aliphatic carbocycles. The van der Waals surface area contributed by atoms with Crippen molar-refractivity contribution < 1.29 is 4.79 Å². The minimum atomic E-state index is 0.105. The van der Waals surface area contributed by atoms with Crippen molar-refractivity contribution in [2.75, 3.05) is 6.54 Å². The predicted octanol–water partition coefficient (Wildman–Crippen LogP) is 6.14. The molecule has 0 radical (unpaired) electrons. The summed E-state index contributed by atoms with van der Waals surface area (Å²) in [7, 11) is 0. The third kappa shape index (κ3) is 4.02. The van der Waals surface area contributed by atoms with Crippen LogP contribution < -0.4 is 0 Å². The second-order valence-electron chi connectivity index (χ2n) is 8.12. The molecule has 31 heavy (non-hydrogen) atoms. The number of carbonyl (C=O) groups is 1. The molecule has 1 aliphatic rings. The van der Waals surface area contributed by atoms with Crippen molar-refractivity contribution in [1.82, 2.24) is 4.90 Å². The molecule has 2 heteroatoms. The summed E-state index contributed by atoms with van der Waals surface area (Å²) in [5, 5.41) is 0. The number of benzene rings is 4. The molecule has 4 aromatic rings. The normalized spacial score (nSPS) is 11.6. The second-order valence-corrected chi connectivity index (χ2v) is 8.12. The number of nitrogens with zero attached hydrogens (tertiary/aromatic N) is 1. The molecule has 0 saturated carbocycles. The van der Waals surface area contributed by atoms with Gasteiger partial charge in [-0.05, 0) is 52.3 Å². The van der Waals surface area contributed by atoms with Crippen molar-refractivity contribution in [2.24, 2.45) is 0 Å². The highest BCUT2D eigenvalue weighted by Crippen LogP contribution is 2.39. The summed E-state index contributed by atoms with van der Waals surface area (Å²) in [5.41, 5.74) is 8.07. The van der Waals surface area contributed by atoms with Gasteiger partial charge in [-0.3, -0.25) is 4.79 Å². The third-order valence-electron chi connectivity index (χ3n) is 6.07. The van der Waals surface area contributed by atoms with E-state index in [0.717, 1.165) is 29.5 Å². The topological polar surface area (TPSA) is 20.3 Å². The van der Waals surface area contributed by atoms with Crippen molar-refractivity contribution in [3.05, 3.63) is 131 Å². The number of carbonyl (C=O) groups excluding carboxylic acids is 1. The summed E-state index contributed by atoms with van der Waals surface area (Å²) in [6.45, 7) is 1.29. The van der Waals surface area contributed by atoms with Crippen molar-refractivity contribution >= 4 is 5.91 Å². The molecule has 5 rings (SSSR count). The van der Waals surface area contributed by atoms with E-state index < -0.39 is 0 Å². The minimum Gasteiger partial charge on any atom is -0.334 e. The Balaban J connectivity index is 1.48. The fraction of sp³-hybridized carbons (Fsp3) is 0.138. The van der Waals surface area contributed by atoms with Gasteiger partial charge in [-0.2, -0.15) is 0 Å². The summed E-state index contributed by atoms with van der Waals surface area (Å²) in [6.07, 6.45) is 1.74. The van der Waals surface area contributed by atoms with Gasteiger partial charge in [-0.25, -0.2) is 0 Å². The summed E-state index contributed by atoms with van der Waals surface area (Å²) < 4.78 is 0. The van der Waals surface area contributed by atoms with E-state index >= 15 is 0 Å². The lowest BCUT2D eigenvalue weighted by molar-refractivity contribution is 0.0746. The van der Waals surface area contributed by atoms with Gasteiger partial charge in [0, 0.05) is 18.7 Å². The van der Waals surface area contributed by atoms with Gasteiger partial charge in [-0.15, -0.1) is 0 Å². The number of hydrogen-bond donors (Lipinski definition) is 0. The Morgan fingerprint density at radius 2 is 1.32 bits per heavy atom. The van der Waals surface area contributed by atoms with E-state index in [2.05, 4.69) is 66.7 Å². The van der Waals surface area contributed by atoms with Crippen LogP contribution in [-0.4, -0.2) is 17.4 Å². The van der Waals surface area contributed by atoms with Crippen molar-refractivity contribution in [1.29, 1.82) is 0 Å². The molecule has 0 unspecified atom stereocenters. The lowest BCUT2D eigenvalue weighted by atomic mass is 9.98. The molecule has 1 amide bonds. The van der Waals surface area contributed by atoms with Crippen LogP contribution in [0.4, 0.5) is 0 Å². The quantitative estimate of drug-likeness (QED) is 0.333. The van der Waals surface area contributed by atoms with Crippen molar-refractivity contribution in [3.8, 4) is 11.1 Å². The average Bonchev–Trinajstić information content (AvgIpc) is 3.21. The highest BCUT2D eigenvalue weighted by Gasteiger charge is 2.26. The number of fused-ring (bicyclic) bond motifs is 3. The first-order valence-corrected chi connectivity index (χ1v) is 10.9. The first-order valence-electron chi connectivity index (χ1n) is 10.9. The largest absolute Gasteiger partial charge is 0.334 e. The molecule has 0 bridgehead atoms. The summed E-state index contributed by atoms with van der Waals surface area (Å²) in [6, 6.07) is 35.3. The summed E-state index contributed by atoms with van der Waals surface area (Å²) in [5.74, 6) is 0.105. The first-order chi connectivity index (χ1) is 15.3. The van der Waals surface area contributed by atoms with Gasteiger partial charge in [0.25, 0.3) is 5.91 Å². The molecule has 0 aromatic heterocycles. The Hall–Kier alpha value is -3.65. The van der Waals surface area contributed by atoms with Gasteiger partial charge >= 0.3 is 0 Å². The van der Waals surface area contributed by atoms with Crippen molar-refractivity contribution in [2.45, 2.75) is 19.4 Å². The van der Waals surface area contributed by atoms with Gasteiger partial charge in [-0.1, -0.05) is 97.1 Å². The zero-order valence-electron chi connectivity index (χ0n) is 17.5. The Morgan fingerprint density at radius 3 is 2.10 bits per heavy atom. The summed E-state index contributed by atoms with van der Waals surface area (Å²) >= 11 is 0. The van der Waals surface area contributed by atoms with Gasteiger partial charge in [0.15, 0.2) is 0 Å². The highest BCUT2D eigenvalue weighted by atomic mass is 16.2. The van der Waals surface area contributed by atoms with Crippen LogP contribution in [0.3, 0.4) is 0 Å². The van der Waals surface area contributed by atoms with Crippen LogP contribution in [0.5, 0.6) is 0 Å². The number of amides is 1. The second kappa shape index (κ2) is 8.61. The molecule has 0 fully saturated rings. The van der Waals surface area contributed by atoms with E-state index in [9.17, 15) is 4.79 Å². The SMILES string of the molecule is O=C(c1cccc2c1-c1ccccc1C2)N(CCc1ccccc1)Cc1ccccc1. The van der Waals surface area contributed by atoms with E-state index in [1.807, 2.05) is 41.3 Å². The Morgan fingerprint density at radius 1 is 0.677 bits per heavy atom. The maximum absolute atomic E-state index is 13.9. The van der Waals surface area contributed by atoms with E-state index in [0.29, 0.717) is 13.1 Å². The van der Waals surface area contributed by atoms with E-state index in [-0.39, 0.29) is 5.91 Å². The molecule has 0 atom stereocenters. The molecule has 0 saturated heterocycles. The van der Waals surface area contributed by atoms with Gasteiger partial charge in [0.2, 0.25) is 0 Å². The molecule has 0 heterocycles. The average molecular weight is 404 g/mol. The maximum atomic E-state index is 13.9. The lowest BCUT2D eigenvalue weighted by Crippen LogP contribution is -2.33. The standard InChI is InChI=1S/C29H25NO/c31-29(27-17-9-15-25-20-24-14-7-8-16-26(24)28(25)27)30(21-23-12-5-2-6-13-23)19-18-22-10-3-1-4-11-22/h1-17H,18-21H2. The highest BCUT2D eigenvalue weighted by molar-refractivity contribution is 6.03. The zero-order valence-corrected chi connectivity index (χ0v) is 17.5. The fourth-order valence-electron chi connectivity index (χ4n) is 4.50. The summed E-state index contributed by atoms with van der Waals surface area (Å²) in [4.78, 5) is 15.9. The predicted molar refractivity (Wildman–Crippen MR) is 126 cm³/mol. The molecule has 0 N–H and O–H groups in total. The number of rotatable bonds is 6. The minimum absolute atomic E-state index is 0.105. The van der Waals surface area contributed by atoms with Gasteiger partial charge in [0.05, 0.1) is 0 Å². The van der Waals surface area contributed by atoms with Crippen LogP contribution in [0.2, 0.25) is 0 Å². The van der Waals surface area contributed by atoms with E-state index in [4.69, 9.17) is 0 Å². The lowest BCUT2D eigenvalue weighted by Gasteiger charge is -2.24. The Labute approximate surface area is 183 Å². The molecule has 0 spiro atoms. The monoisotopic (exact) mass is 403 g/mol. The van der Waals surface area contributed by atoms with E-state index in [1.54, 1.807) is 0 Å². The van der Waals surface area contributed by atoms with Crippen molar-refractivity contribution in [3.63, 3.8) is 0 Å². The molecule has 0 aliphatic heterocycles.